The molecule has 4 nitrogen and oxygen atoms in total. The third-order valence-corrected chi connectivity index (χ3v) is 4.33. The van der Waals surface area contributed by atoms with Gasteiger partial charge in [-0.2, -0.15) is 0 Å². The highest BCUT2D eigenvalue weighted by Crippen LogP contribution is 2.24. The smallest absolute Gasteiger partial charge is 0.257 e. The zero-order valence-corrected chi connectivity index (χ0v) is 14.0. The van der Waals surface area contributed by atoms with E-state index in [-0.39, 0.29) is 5.91 Å². The van der Waals surface area contributed by atoms with Crippen molar-refractivity contribution in [1.29, 1.82) is 0 Å². The Balaban J connectivity index is 1.57. The molecule has 4 rings (SSSR count). The summed E-state index contributed by atoms with van der Waals surface area (Å²) in [6.45, 7) is 3.29. The molecule has 0 saturated heterocycles. The standard InChI is InChI=1S/C21H18N2O2/c1-14-3-2-4-15(7-14)17-8-18(11-22-10-17)21(24)23-20-6-5-16-12-25-13-19(16)9-20/h2-11H,12-13H2,1H3,(H,23,24). The van der Waals surface area contributed by atoms with E-state index in [2.05, 4.69) is 16.4 Å². The average Bonchev–Trinajstić information content (AvgIpc) is 3.09. The minimum Gasteiger partial charge on any atom is -0.372 e. The van der Waals surface area contributed by atoms with Gasteiger partial charge in [0.15, 0.2) is 0 Å². The van der Waals surface area contributed by atoms with Crippen LogP contribution in [0.1, 0.15) is 27.0 Å². The fourth-order valence-corrected chi connectivity index (χ4v) is 3.00. The summed E-state index contributed by atoms with van der Waals surface area (Å²) in [5.41, 5.74) is 6.78. The Labute approximate surface area is 146 Å². The van der Waals surface area contributed by atoms with Crippen molar-refractivity contribution in [2.75, 3.05) is 5.32 Å². The number of carbonyl (C=O) groups is 1. The molecule has 4 heteroatoms. The van der Waals surface area contributed by atoms with Crippen molar-refractivity contribution in [2.45, 2.75) is 20.1 Å². The number of carbonyl (C=O) groups excluding carboxylic acids is 1. The molecule has 124 valence electrons. The van der Waals surface area contributed by atoms with Crippen LogP contribution in [0.25, 0.3) is 11.1 Å². The third-order valence-electron chi connectivity index (χ3n) is 4.33. The Bertz CT molecular complexity index is 950. The Morgan fingerprint density at radius 1 is 1.00 bits per heavy atom. The number of pyridine rings is 1. The molecule has 1 aliphatic heterocycles. The second kappa shape index (κ2) is 6.49. The Hall–Kier alpha value is -2.98. The average molecular weight is 330 g/mol. The number of amides is 1. The van der Waals surface area contributed by atoms with Gasteiger partial charge in [-0.05, 0) is 41.8 Å². The van der Waals surface area contributed by atoms with Crippen LogP contribution in [0.3, 0.4) is 0 Å². The van der Waals surface area contributed by atoms with Crippen LogP contribution in [0.5, 0.6) is 0 Å². The summed E-state index contributed by atoms with van der Waals surface area (Å²) >= 11 is 0. The van der Waals surface area contributed by atoms with E-state index in [1.54, 1.807) is 12.4 Å². The maximum atomic E-state index is 12.6. The molecule has 3 aromatic rings. The molecule has 0 radical (unpaired) electrons. The van der Waals surface area contributed by atoms with Crippen molar-refractivity contribution < 1.29 is 9.53 Å². The van der Waals surface area contributed by atoms with Crippen LogP contribution in [0, 0.1) is 6.92 Å². The molecule has 2 heterocycles. The Morgan fingerprint density at radius 2 is 1.88 bits per heavy atom. The SMILES string of the molecule is Cc1cccc(-c2cncc(C(=O)Nc3ccc4c(c3)COC4)c2)c1. The van der Waals surface area contributed by atoms with Gasteiger partial charge in [0.05, 0.1) is 18.8 Å². The summed E-state index contributed by atoms with van der Waals surface area (Å²) in [5, 5.41) is 2.94. The molecule has 0 fully saturated rings. The largest absolute Gasteiger partial charge is 0.372 e. The summed E-state index contributed by atoms with van der Waals surface area (Å²) in [5.74, 6) is -0.166. The number of ether oxygens (including phenoxy) is 1. The van der Waals surface area contributed by atoms with Crippen molar-refractivity contribution in [3.8, 4) is 11.1 Å². The van der Waals surface area contributed by atoms with Crippen molar-refractivity contribution in [3.63, 3.8) is 0 Å². The molecule has 1 aliphatic rings. The molecule has 0 spiro atoms. The van der Waals surface area contributed by atoms with Crippen molar-refractivity contribution >= 4 is 11.6 Å². The number of anilines is 1. The number of nitrogens with one attached hydrogen (secondary N) is 1. The molecular formula is C21H18N2O2. The number of benzene rings is 2. The number of hydrogen-bond acceptors (Lipinski definition) is 3. The van der Waals surface area contributed by atoms with E-state index in [9.17, 15) is 4.79 Å². The molecule has 25 heavy (non-hydrogen) atoms. The van der Waals surface area contributed by atoms with E-state index in [1.165, 1.54) is 11.1 Å². The van der Waals surface area contributed by atoms with Gasteiger partial charge in [0.2, 0.25) is 0 Å². The molecule has 1 amide bonds. The molecule has 1 aromatic heterocycles. The van der Waals surface area contributed by atoms with Crippen LogP contribution in [0.2, 0.25) is 0 Å². The monoisotopic (exact) mass is 330 g/mol. The van der Waals surface area contributed by atoms with Crippen LogP contribution in [-0.4, -0.2) is 10.9 Å². The molecule has 0 atom stereocenters. The van der Waals surface area contributed by atoms with Crippen LogP contribution >= 0.6 is 0 Å². The molecule has 0 aliphatic carbocycles. The van der Waals surface area contributed by atoms with Gasteiger partial charge >= 0.3 is 0 Å². The van der Waals surface area contributed by atoms with E-state index in [4.69, 9.17) is 4.74 Å². The lowest BCUT2D eigenvalue weighted by molar-refractivity contribution is 0.102. The van der Waals surface area contributed by atoms with E-state index in [1.807, 2.05) is 49.4 Å². The van der Waals surface area contributed by atoms with Gasteiger partial charge in [-0.3, -0.25) is 9.78 Å². The lowest BCUT2D eigenvalue weighted by Crippen LogP contribution is -2.12. The minimum absolute atomic E-state index is 0.166. The van der Waals surface area contributed by atoms with E-state index < -0.39 is 0 Å². The predicted molar refractivity (Wildman–Crippen MR) is 97.3 cm³/mol. The third kappa shape index (κ3) is 3.30. The zero-order valence-electron chi connectivity index (χ0n) is 14.0. The highest BCUT2D eigenvalue weighted by Gasteiger charge is 2.13. The second-order valence-electron chi connectivity index (χ2n) is 6.26. The maximum Gasteiger partial charge on any atom is 0.257 e. The van der Waals surface area contributed by atoms with Crippen molar-refractivity contribution in [2.24, 2.45) is 0 Å². The first-order valence-corrected chi connectivity index (χ1v) is 8.22. The number of aryl methyl sites for hydroxylation is 1. The first-order chi connectivity index (χ1) is 12.2. The topological polar surface area (TPSA) is 51.2 Å². The zero-order chi connectivity index (χ0) is 17.2. The van der Waals surface area contributed by atoms with Gasteiger partial charge in [0, 0.05) is 23.6 Å². The Kier molecular flexibility index (Phi) is 4.04. The fraction of sp³-hybridized carbons (Fsp3) is 0.143. The van der Waals surface area contributed by atoms with Crippen LogP contribution < -0.4 is 5.32 Å². The number of aromatic nitrogens is 1. The first-order valence-electron chi connectivity index (χ1n) is 8.22. The lowest BCUT2D eigenvalue weighted by atomic mass is 10.0. The molecule has 0 unspecified atom stereocenters. The van der Waals surface area contributed by atoms with Gasteiger partial charge in [-0.15, -0.1) is 0 Å². The van der Waals surface area contributed by atoms with E-state index >= 15 is 0 Å². The summed E-state index contributed by atoms with van der Waals surface area (Å²) in [7, 11) is 0. The number of nitrogens with zero attached hydrogens (tertiary/aromatic N) is 1. The molecule has 2 aromatic carbocycles. The lowest BCUT2D eigenvalue weighted by Gasteiger charge is -2.08. The highest BCUT2D eigenvalue weighted by atomic mass is 16.5. The fourth-order valence-electron chi connectivity index (χ4n) is 3.00. The summed E-state index contributed by atoms with van der Waals surface area (Å²) in [4.78, 5) is 16.8. The molecule has 0 saturated carbocycles. The quantitative estimate of drug-likeness (QED) is 0.777. The van der Waals surface area contributed by atoms with Gasteiger partial charge in [-0.1, -0.05) is 35.9 Å². The Morgan fingerprint density at radius 3 is 2.76 bits per heavy atom. The predicted octanol–water partition coefficient (Wildman–Crippen LogP) is 4.34. The van der Waals surface area contributed by atoms with Crippen LogP contribution in [0.4, 0.5) is 5.69 Å². The van der Waals surface area contributed by atoms with Gasteiger partial charge in [0.1, 0.15) is 0 Å². The number of hydrogen-bond donors (Lipinski definition) is 1. The minimum atomic E-state index is -0.166. The van der Waals surface area contributed by atoms with Gasteiger partial charge in [-0.25, -0.2) is 0 Å². The number of rotatable bonds is 3. The molecular weight excluding hydrogens is 312 g/mol. The highest BCUT2D eigenvalue weighted by molar-refractivity contribution is 6.04. The van der Waals surface area contributed by atoms with Crippen LogP contribution in [-0.2, 0) is 18.0 Å². The van der Waals surface area contributed by atoms with E-state index in [0.717, 1.165) is 22.4 Å². The van der Waals surface area contributed by atoms with Gasteiger partial charge in [0.25, 0.3) is 5.91 Å². The van der Waals surface area contributed by atoms with Crippen LogP contribution in [0.15, 0.2) is 60.9 Å². The summed E-state index contributed by atoms with van der Waals surface area (Å²) in [6, 6.07) is 15.9. The van der Waals surface area contributed by atoms with Crippen molar-refractivity contribution in [1.82, 2.24) is 4.98 Å². The normalized spacial score (nSPS) is 12.7. The number of fused-ring (bicyclic) bond motifs is 1. The van der Waals surface area contributed by atoms with Crippen molar-refractivity contribution in [3.05, 3.63) is 83.2 Å². The van der Waals surface area contributed by atoms with Gasteiger partial charge < -0.3 is 10.1 Å². The maximum absolute atomic E-state index is 12.6. The second-order valence-corrected chi connectivity index (χ2v) is 6.26. The molecule has 1 N–H and O–H groups in total. The van der Waals surface area contributed by atoms with E-state index in [0.29, 0.717) is 18.8 Å². The summed E-state index contributed by atoms with van der Waals surface area (Å²) in [6.07, 6.45) is 3.36. The first kappa shape index (κ1) is 15.5. The molecule has 0 bridgehead atoms. The summed E-state index contributed by atoms with van der Waals surface area (Å²) < 4.78 is 5.41.